The van der Waals surface area contributed by atoms with Gasteiger partial charge >= 0.3 is 5.97 Å². The summed E-state index contributed by atoms with van der Waals surface area (Å²) < 4.78 is 9.85. The Morgan fingerprint density at radius 2 is 2.53 bits per heavy atom. The van der Waals surface area contributed by atoms with Gasteiger partial charge in [-0.1, -0.05) is 6.08 Å². The van der Waals surface area contributed by atoms with Crippen molar-refractivity contribution in [3.8, 4) is 0 Å². The molecule has 0 fully saturated rings. The van der Waals surface area contributed by atoms with Gasteiger partial charge in [0.15, 0.2) is 5.69 Å². The maximum Gasteiger partial charge on any atom is 0.359 e. The molecule has 0 atom stereocenters. The summed E-state index contributed by atoms with van der Waals surface area (Å²) in [5.74, 6) is -0.418. The molecule has 1 N–H and O–H groups in total. The van der Waals surface area contributed by atoms with Crippen LogP contribution in [-0.2, 0) is 9.47 Å². The number of aromatic nitrogens is 2. The largest absolute Gasteiger partial charge is 0.464 e. The van der Waals surface area contributed by atoms with Crippen LogP contribution >= 0.6 is 0 Å². The first-order chi connectivity index (χ1) is 7.33. The van der Waals surface area contributed by atoms with Crippen LogP contribution in [0.25, 0.3) is 5.57 Å². The van der Waals surface area contributed by atoms with Gasteiger partial charge in [-0.05, 0) is 12.0 Å². The van der Waals surface area contributed by atoms with Crippen molar-refractivity contribution < 1.29 is 14.3 Å². The van der Waals surface area contributed by atoms with Gasteiger partial charge in [-0.2, -0.15) is 5.10 Å². The molecule has 0 saturated heterocycles. The lowest BCUT2D eigenvalue weighted by Gasteiger charge is -2.12. The van der Waals surface area contributed by atoms with Gasteiger partial charge < -0.3 is 9.47 Å². The fourth-order valence-corrected chi connectivity index (χ4v) is 1.56. The number of ether oxygens (including phenoxy) is 2. The van der Waals surface area contributed by atoms with E-state index in [9.17, 15) is 4.79 Å². The molecule has 80 valence electrons. The van der Waals surface area contributed by atoms with E-state index >= 15 is 0 Å². The Morgan fingerprint density at radius 1 is 1.67 bits per heavy atom. The molecule has 2 rings (SSSR count). The highest BCUT2D eigenvalue weighted by molar-refractivity contribution is 5.93. The van der Waals surface area contributed by atoms with E-state index in [1.54, 1.807) is 6.20 Å². The predicted molar refractivity (Wildman–Crippen MR) is 53.3 cm³/mol. The van der Waals surface area contributed by atoms with Gasteiger partial charge in [0, 0.05) is 11.8 Å². The molecule has 1 aromatic heterocycles. The number of H-pyrrole nitrogens is 1. The van der Waals surface area contributed by atoms with Gasteiger partial charge in [0.1, 0.15) is 0 Å². The SMILES string of the molecule is COC(=O)c1n[nH]cc1C1=CCOCC1. The fraction of sp³-hybridized carbons (Fsp3) is 0.400. The second kappa shape index (κ2) is 4.27. The molecule has 0 spiro atoms. The molecular weight excluding hydrogens is 196 g/mol. The van der Waals surface area contributed by atoms with Crippen LogP contribution in [0.2, 0.25) is 0 Å². The van der Waals surface area contributed by atoms with E-state index in [1.807, 2.05) is 6.08 Å². The molecule has 15 heavy (non-hydrogen) atoms. The monoisotopic (exact) mass is 208 g/mol. The highest BCUT2D eigenvalue weighted by atomic mass is 16.5. The third-order valence-corrected chi connectivity index (χ3v) is 2.33. The first kappa shape index (κ1) is 9.92. The van der Waals surface area contributed by atoms with Gasteiger partial charge in [0.25, 0.3) is 0 Å². The lowest BCUT2D eigenvalue weighted by Crippen LogP contribution is -2.08. The van der Waals surface area contributed by atoms with Crippen molar-refractivity contribution in [1.82, 2.24) is 10.2 Å². The number of hydrogen-bond acceptors (Lipinski definition) is 4. The summed E-state index contributed by atoms with van der Waals surface area (Å²) in [6.45, 7) is 1.26. The average Bonchev–Trinajstić information content (AvgIpc) is 2.78. The van der Waals surface area contributed by atoms with Crippen molar-refractivity contribution in [2.45, 2.75) is 6.42 Å². The summed E-state index contributed by atoms with van der Waals surface area (Å²) in [5.41, 5.74) is 2.23. The van der Waals surface area contributed by atoms with E-state index in [0.717, 1.165) is 17.6 Å². The molecule has 0 aliphatic carbocycles. The number of carbonyl (C=O) groups excluding carboxylic acids is 1. The number of aromatic amines is 1. The van der Waals surface area contributed by atoms with Gasteiger partial charge in [-0.15, -0.1) is 0 Å². The van der Waals surface area contributed by atoms with Gasteiger partial charge in [0.2, 0.25) is 0 Å². The Hall–Kier alpha value is -1.62. The Labute approximate surface area is 87.1 Å². The lowest BCUT2D eigenvalue weighted by atomic mass is 10.0. The van der Waals surface area contributed by atoms with Crippen LogP contribution < -0.4 is 0 Å². The maximum absolute atomic E-state index is 11.4. The molecule has 0 amide bonds. The van der Waals surface area contributed by atoms with E-state index < -0.39 is 5.97 Å². The smallest absolute Gasteiger partial charge is 0.359 e. The molecule has 0 bridgehead atoms. The number of nitrogens with zero attached hydrogens (tertiary/aromatic N) is 1. The van der Waals surface area contributed by atoms with Gasteiger partial charge in [0.05, 0.1) is 20.3 Å². The first-order valence-corrected chi connectivity index (χ1v) is 4.72. The van der Waals surface area contributed by atoms with Crippen LogP contribution in [0.4, 0.5) is 0 Å². The molecule has 0 saturated carbocycles. The zero-order chi connectivity index (χ0) is 10.7. The van der Waals surface area contributed by atoms with Crippen molar-refractivity contribution in [1.29, 1.82) is 0 Å². The molecule has 5 heteroatoms. The molecule has 5 nitrogen and oxygen atoms in total. The Bertz CT molecular complexity index is 395. The highest BCUT2D eigenvalue weighted by Crippen LogP contribution is 2.23. The van der Waals surface area contributed by atoms with Gasteiger partial charge in [-0.3, -0.25) is 5.10 Å². The molecule has 1 aromatic rings. The van der Waals surface area contributed by atoms with Crippen LogP contribution in [0.5, 0.6) is 0 Å². The third kappa shape index (κ3) is 1.92. The summed E-state index contributed by atoms with van der Waals surface area (Å²) in [5, 5.41) is 6.56. The highest BCUT2D eigenvalue weighted by Gasteiger charge is 2.18. The summed E-state index contributed by atoms with van der Waals surface area (Å²) >= 11 is 0. The maximum atomic E-state index is 11.4. The minimum atomic E-state index is -0.418. The van der Waals surface area contributed by atoms with Crippen LogP contribution in [0.3, 0.4) is 0 Å². The molecule has 0 radical (unpaired) electrons. The topological polar surface area (TPSA) is 64.2 Å². The summed E-state index contributed by atoms with van der Waals surface area (Å²) in [4.78, 5) is 11.4. The number of esters is 1. The number of carbonyl (C=O) groups is 1. The standard InChI is InChI=1S/C10H12N2O3/c1-14-10(13)9-8(6-11-12-9)7-2-4-15-5-3-7/h2,6H,3-5H2,1H3,(H,11,12). The second-order valence-electron chi connectivity index (χ2n) is 3.19. The van der Waals surface area contributed by atoms with E-state index in [-0.39, 0.29) is 0 Å². The van der Waals surface area contributed by atoms with Crippen LogP contribution in [0.15, 0.2) is 12.3 Å². The molecule has 0 aromatic carbocycles. The predicted octanol–water partition coefficient (Wildman–Crippen LogP) is 1.00. The van der Waals surface area contributed by atoms with Crippen molar-refractivity contribution >= 4 is 11.5 Å². The summed E-state index contributed by atoms with van der Waals surface area (Å²) in [6, 6.07) is 0. The molecule has 2 heterocycles. The molecule has 1 aliphatic heterocycles. The minimum Gasteiger partial charge on any atom is -0.464 e. The molecule has 0 unspecified atom stereocenters. The summed E-state index contributed by atoms with van der Waals surface area (Å²) in [6.07, 6.45) is 4.47. The number of nitrogens with one attached hydrogen (secondary N) is 1. The molecule has 1 aliphatic rings. The van der Waals surface area contributed by atoms with E-state index in [1.165, 1.54) is 7.11 Å². The quantitative estimate of drug-likeness (QED) is 0.736. The number of methoxy groups -OCH3 is 1. The first-order valence-electron chi connectivity index (χ1n) is 4.72. The molecular formula is C10H12N2O3. The fourth-order valence-electron chi connectivity index (χ4n) is 1.56. The zero-order valence-electron chi connectivity index (χ0n) is 8.45. The van der Waals surface area contributed by atoms with Crippen molar-refractivity contribution in [2.24, 2.45) is 0 Å². The van der Waals surface area contributed by atoms with E-state index in [0.29, 0.717) is 18.9 Å². The Kier molecular flexibility index (Phi) is 2.82. The normalized spacial score (nSPS) is 15.9. The van der Waals surface area contributed by atoms with Crippen molar-refractivity contribution in [2.75, 3.05) is 20.3 Å². The zero-order valence-corrected chi connectivity index (χ0v) is 8.45. The minimum absolute atomic E-state index is 0.339. The third-order valence-electron chi connectivity index (χ3n) is 2.33. The number of rotatable bonds is 2. The van der Waals surface area contributed by atoms with E-state index in [2.05, 4.69) is 14.9 Å². The van der Waals surface area contributed by atoms with Crippen molar-refractivity contribution in [3.63, 3.8) is 0 Å². The van der Waals surface area contributed by atoms with E-state index in [4.69, 9.17) is 4.74 Å². The second-order valence-corrected chi connectivity index (χ2v) is 3.19. The lowest BCUT2D eigenvalue weighted by molar-refractivity contribution is 0.0593. The number of hydrogen-bond donors (Lipinski definition) is 1. The Morgan fingerprint density at radius 3 is 3.20 bits per heavy atom. The van der Waals surface area contributed by atoms with Crippen LogP contribution in [0, 0.1) is 0 Å². The van der Waals surface area contributed by atoms with Crippen LogP contribution in [-0.4, -0.2) is 36.5 Å². The van der Waals surface area contributed by atoms with Gasteiger partial charge in [-0.25, -0.2) is 4.79 Å². The summed E-state index contributed by atoms with van der Waals surface area (Å²) in [7, 11) is 1.35. The van der Waals surface area contributed by atoms with Crippen molar-refractivity contribution in [3.05, 3.63) is 23.5 Å². The average molecular weight is 208 g/mol. The Balaban J connectivity index is 2.31. The van der Waals surface area contributed by atoms with Crippen LogP contribution in [0.1, 0.15) is 22.5 Å².